The first kappa shape index (κ1) is 22.0. The van der Waals surface area contributed by atoms with Crippen LogP contribution in [0.1, 0.15) is 45.2 Å². The van der Waals surface area contributed by atoms with Crippen LogP contribution in [-0.2, 0) is 9.59 Å². The Kier molecular flexibility index (Phi) is 7.69. The summed E-state index contributed by atoms with van der Waals surface area (Å²) in [4.78, 5) is 29.5. The van der Waals surface area contributed by atoms with E-state index < -0.39 is 12.0 Å². The Bertz CT molecular complexity index is 691. The first-order chi connectivity index (χ1) is 13.4. The van der Waals surface area contributed by atoms with Gasteiger partial charge in [0.15, 0.2) is 0 Å². The molecule has 1 N–H and O–H groups in total. The number of likely N-dealkylation sites (tertiary alicyclic amines) is 1. The van der Waals surface area contributed by atoms with E-state index in [4.69, 9.17) is 9.47 Å². The molecule has 1 fully saturated rings. The lowest BCUT2D eigenvalue weighted by atomic mass is 9.82. The summed E-state index contributed by atoms with van der Waals surface area (Å²) in [6, 6.07) is 5.01. The molecule has 2 amide bonds. The van der Waals surface area contributed by atoms with Crippen molar-refractivity contribution in [2.75, 3.05) is 33.9 Å². The first-order valence-corrected chi connectivity index (χ1v) is 9.82. The van der Waals surface area contributed by atoms with E-state index in [1.54, 1.807) is 30.1 Å². The zero-order valence-corrected chi connectivity index (χ0v) is 17.5. The fraction of sp³-hybridized carbons (Fsp3) is 0.619. The third kappa shape index (κ3) is 4.41. The van der Waals surface area contributed by atoms with E-state index >= 15 is 0 Å². The fourth-order valence-electron chi connectivity index (χ4n) is 3.98. The van der Waals surface area contributed by atoms with Gasteiger partial charge >= 0.3 is 0 Å². The Morgan fingerprint density at radius 2 is 2.04 bits per heavy atom. The highest BCUT2D eigenvalue weighted by atomic mass is 16.5. The Morgan fingerprint density at radius 1 is 1.32 bits per heavy atom. The van der Waals surface area contributed by atoms with Gasteiger partial charge in [-0.15, -0.1) is 0 Å². The first-order valence-electron chi connectivity index (χ1n) is 9.82. The van der Waals surface area contributed by atoms with Gasteiger partial charge in [-0.1, -0.05) is 0 Å². The maximum atomic E-state index is 13.4. The Labute approximate surface area is 167 Å². The molecule has 7 heteroatoms. The molecular weight excluding hydrogens is 360 g/mol. The monoisotopic (exact) mass is 392 g/mol. The predicted octanol–water partition coefficient (Wildman–Crippen LogP) is 2.23. The summed E-state index contributed by atoms with van der Waals surface area (Å²) in [5, 5.41) is 9.40. The maximum absolute atomic E-state index is 13.4. The average molecular weight is 392 g/mol. The largest absolute Gasteiger partial charge is 0.497 e. The number of aliphatic hydroxyl groups is 1. The van der Waals surface area contributed by atoms with Crippen molar-refractivity contribution in [3.05, 3.63) is 23.8 Å². The van der Waals surface area contributed by atoms with Crippen LogP contribution < -0.4 is 9.47 Å². The smallest absolute Gasteiger partial charge is 0.228 e. The average Bonchev–Trinajstić information content (AvgIpc) is 2.70. The molecule has 2 rings (SSSR count). The van der Waals surface area contributed by atoms with Crippen LogP contribution >= 0.6 is 0 Å². The molecule has 28 heavy (non-hydrogen) atoms. The number of methoxy groups -OCH3 is 2. The number of ether oxygens (including phenoxy) is 2. The van der Waals surface area contributed by atoms with Gasteiger partial charge in [-0.2, -0.15) is 0 Å². The van der Waals surface area contributed by atoms with Crippen LogP contribution in [0, 0.1) is 5.92 Å². The normalized spacial score (nSPS) is 19.7. The molecular formula is C21H32N2O5. The molecule has 2 atom stereocenters. The number of hydrogen-bond acceptors (Lipinski definition) is 5. The molecule has 1 aliphatic heterocycles. The van der Waals surface area contributed by atoms with Crippen LogP contribution in [0.2, 0.25) is 0 Å². The second-order valence-corrected chi connectivity index (χ2v) is 7.23. The highest BCUT2D eigenvalue weighted by Crippen LogP contribution is 2.42. The topological polar surface area (TPSA) is 79.3 Å². The van der Waals surface area contributed by atoms with Gasteiger partial charge in [0, 0.05) is 37.2 Å². The van der Waals surface area contributed by atoms with Crippen LogP contribution in [0.3, 0.4) is 0 Å². The van der Waals surface area contributed by atoms with Gasteiger partial charge in [0.1, 0.15) is 11.5 Å². The van der Waals surface area contributed by atoms with Gasteiger partial charge < -0.3 is 24.4 Å². The summed E-state index contributed by atoms with van der Waals surface area (Å²) >= 11 is 0. The van der Waals surface area contributed by atoms with E-state index in [0.717, 1.165) is 5.56 Å². The molecule has 1 saturated heterocycles. The number of aliphatic hydroxyl groups excluding tert-OH is 1. The van der Waals surface area contributed by atoms with Crippen LogP contribution in [0.5, 0.6) is 11.5 Å². The third-order valence-corrected chi connectivity index (χ3v) is 5.37. The maximum Gasteiger partial charge on any atom is 0.228 e. The summed E-state index contributed by atoms with van der Waals surface area (Å²) in [5.41, 5.74) is 0.796. The second-order valence-electron chi connectivity index (χ2n) is 7.23. The standard InChI is InChI=1S/C21H32N2O5/c1-6-22-19(25)10-9-17(21(26)23(11-12-24)14(2)3)20(22)16-8-7-15(27-4)13-18(16)28-5/h7-8,13-14,17,20,24H,6,9-12H2,1-5H3/t17-,20+/m1/s1. The third-order valence-electron chi connectivity index (χ3n) is 5.37. The van der Waals surface area contributed by atoms with Crippen LogP contribution in [0.15, 0.2) is 18.2 Å². The van der Waals surface area contributed by atoms with Gasteiger partial charge in [0.25, 0.3) is 0 Å². The quantitative estimate of drug-likeness (QED) is 0.734. The van der Waals surface area contributed by atoms with Crippen molar-refractivity contribution in [3.8, 4) is 11.5 Å². The Morgan fingerprint density at radius 3 is 2.57 bits per heavy atom. The number of rotatable bonds is 8. The van der Waals surface area contributed by atoms with Crippen molar-refractivity contribution in [3.63, 3.8) is 0 Å². The summed E-state index contributed by atoms with van der Waals surface area (Å²) in [6.07, 6.45) is 0.812. The van der Waals surface area contributed by atoms with Crippen molar-refractivity contribution in [2.24, 2.45) is 5.92 Å². The number of hydrogen-bond donors (Lipinski definition) is 1. The van der Waals surface area contributed by atoms with Crippen LogP contribution in [0.25, 0.3) is 0 Å². The fourth-order valence-corrected chi connectivity index (χ4v) is 3.98. The highest BCUT2D eigenvalue weighted by Gasteiger charge is 2.43. The minimum Gasteiger partial charge on any atom is -0.497 e. The highest BCUT2D eigenvalue weighted by molar-refractivity contribution is 5.85. The van der Waals surface area contributed by atoms with E-state index in [2.05, 4.69) is 0 Å². The van der Waals surface area contributed by atoms with E-state index in [-0.39, 0.29) is 31.0 Å². The molecule has 7 nitrogen and oxygen atoms in total. The van der Waals surface area contributed by atoms with Crippen molar-refractivity contribution < 1.29 is 24.2 Å². The van der Waals surface area contributed by atoms with Crippen LogP contribution in [0.4, 0.5) is 0 Å². The zero-order chi connectivity index (χ0) is 20.8. The number of carbonyl (C=O) groups excluding carboxylic acids is 2. The van der Waals surface area contributed by atoms with Crippen molar-refractivity contribution in [1.29, 1.82) is 0 Å². The molecule has 0 bridgehead atoms. The lowest BCUT2D eigenvalue weighted by Crippen LogP contribution is -2.51. The molecule has 156 valence electrons. The molecule has 0 unspecified atom stereocenters. The molecule has 0 spiro atoms. The molecule has 0 aromatic heterocycles. The van der Waals surface area contributed by atoms with Gasteiger partial charge in [-0.25, -0.2) is 0 Å². The summed E-state index contributed by atoms with van der Waals surface area (Å²) in [5.74, 6) is 0.839. The van der Waals surface area contributed by atoms with E-state index in [0.29, 0.717) is 30.9 Å². The molecule has 1 heterocycles. The molecule has 1 aromatic carbocycles. The lowest BCUT2D eigenvalue weighted by molar-refractivity contribution is -0.149. The molecule has 0 radical (unpaired) electrons. The second kappa shape index (κ2) is 9.78. The number of carbonyl (C=O) groups is 2. The van der Waals surface area contributed by atoms with Crippen molar-refractivity contribution >= 4 is 11.8 Å². The molecule has 1 aliphatic rings. The summed E-state index contributed by atoms with van der Waals surface area (Å²) in [7, 11) is 3.15. The van der Waals surface area contributed by atoms with Crippen molar-refractivity contribution in [2.45, 2.75) is 45.7 Å². The summed E-state index contributed by atoms with van der Waals surface area (Å²) in [6.45, 7) is 6.47. The SMILES string of the molecule is CCN1C(=O)CC[C@@H](C(=O)N(CCO)C(C)C)[C@@H]1c1ccc(OC)cc1OC. The van der Waals surface area contributed by atoms with Crippen molar-refractivity contribution in [1.82, 2.24) is 9.80 Å². The number of benzene rings is 1. The molecule has 0 saturated carbocycles. The van der Waals surface area contributed by atoms with Gasteiger partial charge in [0.2, 0.25) is 11.8 Å². The Hall–Kier alpha value is -2.28. The minimum atomic E-state index is -0.417. The lowest BCUT2D eigenvalue weighted by Gasteiger charge is -2.43. The predicted molar refractivity (Wildman–Crippen MR) is 106 cm³/mol. The van der Waals surface area contributed by atoms with Gasteiger partial charge in [-0.3, -0.25) is 9.59 Å². The number of piperidine rings is 1. The molecule has 1 aromatic rings. The Balaban J connectivity index is 2.52. The summed E-state index contributed by atoms with van der Waals surface area (Å²) < 4.78 is 10.9. The van der Waals surface area contributed by atoms with Gasteiger partial charge in [-0.05, 0) is 39.3 Å². The van der Waals surface area contributed by atoms with Gasteiger partial charge in [0.05, 0.1) is 32.8 Å². The van der Waals surface area contributed by atoms with Crippen LogP contribution in [-0.4, -0.2) is 66.7 Å². The number of nitrogens with zero attached hydrogens (tertiary/aromatic N) is 2. The van der Waals surface area contributed by atoms with E-state index in [1.165, 1.54) is 0 Å². The van der Waals surface area contributed by atoms with E-state index in [1.807, 2.05) is 32.9 Å². The minimum absolute atomic E-state index is 0.0349. The zero-order valence-electron chi connectivity index (χ0n) is 17.5. The number of amides is 2. The molecule has 0 aliphatic carbocycles. The van der Waals surface area contributed by atoms with E-state index in [9.17, 15) is 14.7 Å².